The molecule has 0 heterocycles. The number of benzene rings is 2. The lowest BCUT2D eigenvalue weighted by atomic mass is 10.2. The second-order valence-electron chi connectivity index (χ2n) is 3.60. The SMILES string of the molecule is O=C(Nc1ccc(Br)c(Cl)c1)c1ccccc1O. The molecule has 0 fully saturated rings. The minimum Gasteiger partial charge on any atom is -0.507 e. The van der Waals surface area contributed by atoms with E-state index in [0.717, 1.165) is 4.47 Å². The van der Waals surface area contributed by atoms with E-state index in [0.29, 0.717) is 10.7 Å². The Labute approximate surface area is 118 Å². The third-order valence-corrected chi connectivity index (χ3v) is 3.56. The molecule has 2 aromatic rings. The van der Waals surface area contributed by atoms with Crippen molar-refractivity contribution >= 4 is 39.1 Å². The Kier molecular flexibility index (Phi) is 3.89. The first-order chi connectivity index (χ1) is 8.58. The van der Waals surface area contributed by atoms with Crippen LogP contribution in [0.4, 0.5) is 5.69 Å². The van der Waals surface area contributed by atoms with Gasteiger partial charge in [-0.3, -0.25) is 4.79 Å². The fourth-order valence-electron chi connectivity index (χ4n) is 1.44. The molecule has 1 amide bonds. The van der Waals surface area contributed by atoms with E-state index < -0.39 is 0 Å². The Morgan fingerprint density at radius 1 is 1.22 bits per heavy atom. The second kappa shape index (κ2) is 5.42. The van der Waals surface area contributed by atoms with Crippen LogP contribution in [0.15, 0.2) is 46.9 Å². The molecule has 0 spiro atoms. The molecule has 5 heteroatoms. The number of nitrogens with one attached hydrogen (secondary N) is 1. The van der Waals surface area contributed by atoms with Gasteiger partial charge in [0.05, 0.1) is 10.6 Å². The molecule has 0 aliphatic rings. The van der Waals surface area contributed by atoms with Gasteiger partial charge in [0.2, 0.25) is 0 Å². The topological polar surface area (TPSA) is 49.3 Å². The van der Waals surface area contributed by atoms with Crippen molar-refractivity contribution in [1.82, 2.24) is 0 Å². The normalized spacial score (nSPS) is 10.1. The van der Waals surface area contributed by atoms with Gasteiger partial charge in [0.25, 0.3) is 5.91 Å². The summed E-state index contributed by atoms with van der Waals surface area (Å²) < 4.78 is 0.754. The molecule has 0 aliphatic heterocycles. The van der Waals surface area contributed by atoms with Gasteiger partial charge in [0, 0.05) is 10.2 Å². The summed E-state index contributed by atoms with van der Waals surface area (Å²) in [5.74, 6) is -0.440. The van der Waals surface area contributed by atoms with Gasteiger partial charge in [0.1, 0.15) is 5.75 Å². The zero-order chi connectivity index (χ0) is 13.1. The number of hydrogen-bond acceptors (Lipinski definition) is 2. The molecule has 0 unspecified atom stereocenters. The summed E-state index contributed by atoms with van der Waals surface area (Å²) in [5, 5.41) is 12.7. The number of hydrogen-bond donors (Lipinski definition) is 2. The van der Waals surface area contributed by atoms with Crippen LogP contribution in [0.2, 0.25) is 5.02 Å². The molecule has 0 aliphatic carbocycles. The van der Waals surface area contributed by atoms with Crippen molar-refractivity contribution in [2.45, 2.75) is 0 Å². The van der Waals surface area contributed by atoms with Crippen LogP contribution < -0.4 is 5.32 Å². The van der Waals surface area contributed by atoms with E-state index in [1.807, 2.05) is 0 Å². The Bertz CT molecular complexity index is 601. The van der Waals surface area contributed by atoms with Gasteiger partial charge in [-0.25, -0.2) is 0 Å². The van der Waals surface area contributed by atoms with Crippen molar-refractivity contribution in [3.63, 3.8) is 0 Å². The van der Waals surface area contributed by atoms with Crippen LogP contribution in [-0.2, 0) is 0 Å². The Morgan fingerprint density at radius 2 is 1.94 bits per heavy atom. The maximum atomic E-state index is 11.9. The number of carbonyl (C=O) groups excluding carboxylic acids is 1. The summed E-state index contributed by atoms with van der Waals surface area (Å²) in [6.07, 6.45) is 0. The average molecular weight is 327 g/mol. The van der Waals surface area contributed by atoms with E-state index in [9.17, 15) is 9.90 Å². The van der Waals surface area contributed by atoms with Gasteiger partial charge in [0.15, 0.2) is 0 Å². The number of aromatic hydroxyl groups is 1. The summed E-state index contributed by atoms with van der Waals surface area (Å²) in [6.45, 7) is 0. The third-order valence-electron chi connectivity index (χ3n) is 2.33. The maximum absolute atomic E-state index is 11.9. The number of phenols is 1. The molecule has 0 saturated carbocycles. The molecular weight excluding hydrogens is 318 g/mol. The van der Waals surface area contributed by atoms with Gasteiger partial charge in [-0.1, -0.05) is 23.7 Å². The van der Waals surface area contributed by atoms with Crippen LogP contribution in [0.3, 0.4) is 0 Å². The molecule has 18 heavy (non-hydrogen) atoms. The highest BCUT2D eigenvalue weighted by Gasteiger charge is 2.10. The predicted molar refractivity (Wildman–Crippen MR) is 75.2 cm³/mol. The number of anilines is 1. The first kappa shape index (κ1) is 12.9. The lowest BCUT2D eigenvalue weighted by Gasteiger charge is -2.07. The molecule has 92 valence electrons. The van der Waals surface area contributed by atoms with Gasteiger partial charge in [-0.05, 0) is 46.3 Å². The lowest BCUT2D eigenvalue weighted by molar-refractivity contribution is 0.102. The van der Waals surface area contributed by atoms with Crippen LogP contribution in [0, 0.1) is 0 Å². The highest BCUT2D eigenvalue weighted by molar-refractivity contribution is 9.10. The Morgan fingerprint density at radius 3 is 2.61 bits per heavy atom. The standard InChI is InChI=1S/C13H9BrClNO2/c14-10-6-5-8(7-11(10)15)16-13(18)9-3-1-2-4-12(9)17/h1-7,17H,(H,16,18). The van der Waals surface area contributed by atoms with E-state index in [2.05, 4.69) is 21.2 Å². The van der Waals surface area contributed by atoms with E-state index in [-0.39, 0.29) is 17.2 Å². The lowest BCUT2D eigenvalue weighted by Crippen LogP contribution is -2.11. The molecule has 0 aromatic heterocycles. The minimum atomic E-state index is -0.383. The molecule has 0 atom stereocenters. The number of para-hydroxylation sites is 1. The van der Waals surface area contributed by atoms with Gasteiger partial charge >= 0.3 is 0 Å². The fourth-order valence-corrected chi connectivity index (χ4v) is 1.87. The van der Waals surface area contributed by atoms with E-state index >= 15 is 0 Å². The largest absolute Gasteiger partial charge is 0.507 e. The van der Waals surface area contributed by atoms with E-state index in [4.69, 9.17) is 11.6 Å². The number of rotatable bonds is 2. The first-order valence-corrected chi connectivity index (χ1v) is 6.29. The predicted octanol–water partition coefficient (Wildman–Crippen LogP) is 4.06. The average Bonchev–Trinajstić information content (AvgIpc) is 2.34. The molecule has 3 nitrogen and oxygen atoms in total. The van der Waals surface area contributed by atoms with Crippen LogP contribution in [0.5, 0.6) is 5.75 Å². The van der Waals surface area contributed by atoms with Crippen molar-refractivity contribution in [3.05, 3.63) is 57.5 Å². The van der Waals surface area contributed by atoms with Gasteiger partial charge in [-0.2, -0.15) is 0 Å². The first-order valence-electron chi connectivity index (χ1n) is 5.12. The number of phenolic OH excluding ortho intramolecular Hbond substituents is 1. The molecule has 0 bridgehead atoms. The second-order valence-corrected chi connectivity index (χ2v) is 4.86. The van der Waals surface area contributed by atoms with Gasteiger partial charge < -0.3 is 10.4 Å². The van der Waals surface area contributed by atoms with Crippen LogP contribution in [0.25, 0.3) is 0 Å². The summed E-state index contributed by atoms with van der Waals surface area (Å²) in [4.78, 5) is 11.9. The van der Waals surface area contributed by atoms with Crippen LogP contribution >= 0.6 is 27.5 Å². The third kappa shape index (κ3) is 2.83. The molecule has 2 N–H and O–H groups in total. The van der Waals surface area contributed by atoms with Crippen LogP contribution in [0.1, 0.15) is 10.4 Å². The molecule has 2 aromatic carbocycles. The molecular formula is C13H9BrClNO2. The monoisotopic (exact) mass is 325 g/mol. The zero-order valence-corrected chi connectivity index (χ0v) is 11.5. The zero-order valence-electron chi connectivity index (χ0n) is 9.15. The van der Waals surface area contributed by atoms with Crippen molar-refractivity contribution < 1.29 is 9.90 Å². The fraction of sp³-hybridized carbons (Fsp3) is 0. The van der Waals surface area contributed by atoms with Crippen molar-refractivity contribution in [3.8, 4) is 5.75 Å². The summed E-state index contributed by atoms with van der Waals surface area (Å²) in [6, 6.07) is 11.4. The maximum Gasteiger partial charge on any atom is 0.259 e. The van der Waals surface area contributed by atoms with E-state index in [1.54, 1.807) is 36.4 Å². The Hall–Kier alpha value is -1.52. The van der Waals surface area contributed by atoms with Crippen molar-refractivity contribution in [1.29, 1.82) is 0 Å². The van der Waals surface area contributed by atoms with Crippen molar-refractivity contribution in [2.24, 2.45) is 0 Å². The highest BCUT2D eigenvalue weighted by atomic mass is 79.9. The highest BCUT2D eigenvalue weighted by Crippen LogP contribution is 2.26. The van der Waals surface area contributed by atoms with Crippen LogP contribution in [-0.4, -0.2) is 11.0 Å². The number of carbonyl (C=O) groups is 1. The quantitative estimate of drug-likeness (QED) is 0.874. The van der Waals surface area contributed by atoms with E-state index in [1.165, 1.54) is 6.07 Å². The van der Waals surface area contributed by atoms with Crippen molar-refractivity contribution in [2.75, 3.05) is 5.32 Å². The molecule has 0 radical (unpaired) electrons. The minimum absolute atomic E-state index is 0.0572. The van der Waals surface area contributed by atoms with Gasteiger partial charge in [-0.15, -0.1) is 0 Å². The smallest absolute Gasteiger partial charge is 0.259 e. The summed E-state index contributed by atoms with van der Waals surface area (Å²) in [5.41, 5.74) is 0.785. The number of amides is 1. The summed E-state index contributed by atoms with van der Waals surface area (Å²) in [7, 11) is 0. The molecule has 0 saturated heterocycles. The number of halogens is 2. The summed E-state index contributed by atoms with van der Waals surface area (Å²) >= 11 is 9.19. The molecule has 2 rings (SSSR count). The Balaban J connectivity index is 2.22.